The van der Waals surface area contributed by atoms with Crippen LogP contribution in [0.5, 0.6) is 0 Å². The van der Waals surface area contributed by atoms with Gasteiger partial charge in [0.25, 0.3) is 0 Å². The summed E-state index contributed by atoms with van der Waals surface area (Å²) in [5, 5.41) is 11.6. The van der Waals surface area contributed by atoms with Crippen LogP contribution in [0.15, 0.2) is 18.2 Å². The van der Waals surface area contributed by atoms with E-state index in [1.54, 1.807) is 19.1 Å². The van der Waals surface area contributed by atoms with E-state index in [4.69, 9.17) is 9.84 Å². The fourth-order valence-electron chi connectivity index (χ4n) is 1.76. The number of benzene rings is 1. The number of halogens is 1. The Hall–Kier alpha value is -1.46. The number of rotatable bonds is 2. The van der Waals surface area contributed by atoms with E-state index >= 15 is 0 Å². The van der Waals surface area contributed by atoms with Crippen LogP contribution in [0, 0.1) is 12.7 Å². The molecule has 92 valence electrons. The second-order valence-electron chi connectivity index (χ2n) is 4.13. The number of carboxylic acids is 1. The summed E-state index contributed by atoms with van der Waals surface area (Å²) in [5.74, 6) is -1.20. The molecule has 4 nitrogen and oxygen atoms in total. The van der Waals surface area contributed by atoms with Crippen molar-refractivity contribution in [1.82, 2.24) is 5.32 Å². The highest BCUT2D eigenvalue weighted by Crippen LogP contribution is 2.22. The lowest BCUT2D eigenvalue weighted by atomic mass is 10.1. The number of aryl methyl sites for hydroxylation is 1. The largest absolute Gasteiger partial charge is 0.480 e. The molecular formula is C12H14FNO3. The Bertz CT molecular complexity index is 428. The Morgan fingerprint density at radius 1 is 1.59 bits per heavy atom. The van der Waals surface area contributed by atoms with E-state index in [9.17, 15) is 9.18 Å². The van der Waals surface area contributed by atoms with Crippen LogP contribution >= 0.6 is 0 Å². The maximum Gasteiger partial charge on any atom is 0.323 e. The number of carboxylic acid groups (broad SMARTS) is 1. The van der Waals surface area contributed by atoms with Gasteiger partial charge >= 0.3 is 5.97 Å². The van der Waals surface area contributed by atoms with Gasteiger partial charge in [-0.25, -0.2) is 4.39 Å². The van der Waals surface area contributed by atoms with Crippen molar-refractivity contribution in [3.63, 3.8) is 0 Å². The SMILES string of the molecule is Cc1ccc(C2CNC(C(=O)O)CO2)cc1F. The third-order valence-electron chi connectivity index (χ3n) is 2.88. The van der Waals surface area contributed by atoms with E-state index in [1.807, 2.05) is 0 Å². The van der Waals surface area contributed by atoms with E-state index in [0.717, 1.165) is 5.56 Å². The fraction of sp³-hybridized carbons (Fsp3) is 0.417. The first-order valence-electron chi connectivity index (χ1n) is 5.42. The van der Waals surface area contributed by atoms with Gasteiger partial charge in [-0.1, -0.05) is 12.1 Å². The Balaban J connectivity index is 2.05. The van der Waals surface area contributed by atoms with Crippen LogP contribution < -0.4 is 5.32 Å². The van der Waals surface area contributed by atoms with Gasteiger partial charge in [0.15, 0.2) is 0 Å². The van der Waals surface area contributed by atoms with Crippen molar-refractivity contribution >= 4 is 5.97 Å². The van der Waals surface area contributed by atoms with Gasteiger partial charge in [0.1, 0.15) is 11.9 Å². The Kier molecular flexibility index (Phi) is 3.40. The highest BCUT2D eigenvalue weighted by atomic mass is 19.1. The molecule has 1 fully saturated rings. The van der Waals surface area contributed by atoms with Crippen LogP contribution in [0.3, 0.4) is 0 Å². The number of aliphatic carboxylic acids is 1. The van der Waals surface area contributed by atoms with Crippen LogP contribution in [-0.2, 0) is 9.53 Å². The summed E-state index contributed by atoms with van der Waals surface area (Å²) in [7, 11) is 0. The highest BCUT2D eigenvalue weighted by molar-refractivity contribution is 5.73. The maximum atomic E-state index is 13.4. The van der Waals surface area contributed by atoms with Gasteiger partial charge in [0, 0.05) is 6.54 Å². The summed E-state index contributed by atoms with van der Waals surface area (Å²) in [6.07, 6.45) is -0.291. The van der Waals surface area contributed by atoms with Gasteiger partial charge in [0.2, 0.25) is 0 Å². The summed E-state index contributed by atoms with van der Waals surface area (Å²) in [6, 6.07) is 4.24. The molecule has 0 saturated carbocycles. The molecule has 1 aromatic rings. The molecule has 0 aromatic heterocycles. The lowest BCUT2D eigenvalue weighted by molar-refractivity contribution is -0.144. The van der Waals surface area contributed by atoms with E-state index < -0.39 is 12.0 Å². The van der Waals surface area contributed by atoms with Crippen molar-refractivity contribution in [3.8, 4) is 0 Å². The molecule has 1 aliphatic heterocycles. The van der Waals surface area contributed by atoms with Gasteiger partial charge in [0.05, 0.1) is 12.7 Å². The summed E-state index contributed by atoms with van der Waals surface area (Å²) in [6.45, 7) is 2.16. The molecule has 1 saturated heterocycles. The fourth-order valence-corrected chi connectivity index (χ4v) is 1.76. The van der Waals surface area contributed by atoms with Crippen LogP contribution in [0.25, 0.3) is 0 Å². The number of carbonyl (C=O) groups is 1. The quantitative estimate of drug-likeness (QED) is 0.815. The molecule has 2 rings (SSSR count). The number of nitrogens with one attached hydrogen (secondary N) is 1. The topological polar surface area (TPSA) is 58.6 Å². The third-order valence-corrected chi connectivity index (χ3v) is 2.88. The van der Waals surface area contributed by atoms with Gasteiger partial charge in [-0.15, -0.1) is 0 Å². The molecule has 5 heteroatoms. The number of ether oxygens (including phenoxy) is 1. The minimum Gasteiger partial charge on any atom is -0.480 e. The predicted octanol–water partition coefficient (Wildman–Crippen LogP) is 1.25. The zero-order chi connectivity index (χ0) is 12.4. The molecule has 17 heavy (non-hydrogen) atoms. The van der Waals surface area contributed by atoms with Crippen molar-refractivity contribution in [2.24, 2.45) is 0 Å². The van der Waals surface area contributed by atoms with E-state index in [0.29, 0.717) is 12.1 Å². The standard InChI is InChI=1S/C12H14FNO3/c1-7-2-3-8(4-9(7)13)11-5-14-10(6-17-11)12(15)16/h2-4,10-11,14H,5-6H2,1H3,(H,15,16). The molecule has 2 unspecified atom stereocenters. The van der Waals surface area contributed by atoms with E-state index in [2.05, 4.69) is 5.32 Å². The average Bonchev–Trinajstić information content (AvgIpc) is 2.33. The molecule has 0 radical (unpaired) electrons. The summed E-state index contributed by atoms with van der Waals surface area (Å²) in [4.78, 5) is 10.7. The smallest absolute Gasteiger partial charge is 0.323 e. The molecule has 0 aliphatic carbocycles. The molecule has 1 aromatic carbocycles. The Labute approximate surface area is 98.4 Å². The van der Waals surface area contributed by atoms with Crippen molar-refractivity contribution in [2.45, 2.75) is 19.1 Å². The minimum atomic E-state index is -0.932. The van der Waals surface area contributed by atoms with Crippen molar-refractivity contribution in [1.29, 1.82) is 0 Å². The normalized spacial score (nSPS) is 24.6. The molecule has 0 spiro atoms. The van der Waals surface area contributed by atoms with Crippen molar-refractivity contribution in [3.05, 3.63) is 35.1 Å². The van der Waals surface area contributed by atoms with Crippen molar-refractivity contribution < 1.29 is 19.0 Å². The van der Waals surface area contributed by atoms with Gasteiger partial charge in [-0.3, -0.25) is 10.1 Å². The highest BCUT2D eigenvalue weighted by Gasteiger charge is 2.26. The van der Waals surface area contributed by atoms with Crippen molar-refractivity contribution in [2.75, 3.05) is 13.2 Å². The molecule has 1 heterocycles. The van der Waals surface area contributed by atoms with Crippen LogP contribution in [0.2, 0.25) is 0 Å². The molecule has 1 aliphatic rings. The molecule has 2 N–H and O–H groups in total. The first kappa shape index (κ1) is 12.0. The Morgan fingerprint density at radius 3 is 2.88 bits per heavy atom. The second kappa shape index (κ2) is 4.81. The van der Waals surface area contributed by atoms with Gasteiger partial charge in [-0.2, -0.15) is 0 Å². The van der Waals surface area contributed by atoms with Crippen LogP contribution in [0.4, 0.5) is 4.39 Å². The first-order chi connectivity index (χ1) is 8.08. The first-order valence-corrected chi connectivity index (χ1v) is 5.42. The lowest BCUT2D eigenvalue weighted by Gasteiger charge is -2.28. The number of hydrogen-bond donors (Lipinski definition) is 2. The number of hydrogen-bond acceptors (Lipinski definition) is 3. The predicted molar refractivity (Wildman–Crippen MR) is 59.3 cm³/mol. The zero-order valence-electron chi connectivity index (χ0n) is 9.44. The summed E-state index contributed by atoms with van der Waals surface area (Å²) < 4.78 is 18.8. The lowest BCUT2D eigenvalue weighted by Crippen LogP contribution is -2.47. The van der Waals surface area contributed by atoms with E-state index in [1.165, 1.54) is 6.07 Å². The zero-order valence-corrected chi connectivity index (χ0v) is 9.44. The Morgan fingerprint density at radius 2 is 2.35 bits per heavy atom. The third kappa shape index (κ3) is 2.62. The molecule has 0 amide bonds. The van der Waals surface area contributed by atoms with Crippen LogP contribution in [0.1, 0.15) is 17.2 Å². The second-order valence-corrected chi connectivity index (χ2v) is 4.13. The molecule has 2 atom stereocenters. The van der Waals surface area contributed by atoms with Gasteiger partial charge in [-0.05, 0) is 24.1 Å². The number of morpholine rings is 1. The minimum absolute atomic E-state index is 0.0928. The molecule has 0 bridgehead atoms. The maximum absolute atomic E-state index is 13.4. The van der Waals surface area contributed by atoms with Crippen LogP contribution in [-0.4, -0.2) is 30.3 Å². The summed E-state index contributed by atoms with van der Waals surface area (Å²) in [5.41, 5.74) is 1.31. The molecular weight excluding hydrogens is 225 g/mol. The van der Waals surface area contributed by atoms with Gasteiger partial charge < -0.3 is 9.84 Å². The summed E-state index contributed by atoms with van der Waals surface area (Å²) >= 11 is 0. The monoisotopic (exact) mass is 239 g/mol. The average molecular weight is 239 g/mol. The van der Waals surface area contributed by atoms with E-state index in [-0.39, 0.29) is 18.5 Å².